The maximum atomic E-state index is 13.9. The summed E-state index contributed by atoms with van der Waals surface area (Å²) in [5.41, 5.74) is 2.12. The summed E-state index contributed by atoms with van der Waals surface area (Å²) < 4.78 is 59.6. The number of nitrogens with one attached hydrogen (secondary N) is 1. The number of pyridine rings is 1. The van der Waals surface area contributed by atoms with Gasteiger partial charge in [0.15, 0.2) is 5.75 Å². The maximum Gasteiger partial charge on any atom is 0.303 e. The largest absolute Gasteiger partial charge is 0.487 e. The first-order valence-corrected chi connectivity index (χ1v) is 15.5. The predicted octanol–water partition coefficient (Wildman–Crippen LogP) is 6.26. The van der Waals surface area contributed by atoms with Crippen LogP contribution in [0.1, 0.15) is 45.6 Å². The molecule has 1 fully saturated rings. The smallest absolute Gasteiger partial charge is 0.303 e. The molecular weight excluding hydrogens is 604 g/mol. The van der Waals surface area contributed by atoms with E-state index in [1.807, 2.05) is 42.6 Å². The van der Waals surface area contributed by atoms with Gasteiger partial charge in [-0.1, -0.05) is 36.4 Å². The van der Waals surface area contributed by atoms with Crippen LogP contribution in [-0.4, -0.2) is 85.1 Å². The van der Waals surface area contributed by atoms with E-state index in [1.54, 1.807) is 6.92 Å². The van der Waals surface area contributed by atoms with Gasteiger partial charge in [0.25, 0.3) is 11.8 Å². The fourth-order valence-corrected chi connectivity index (χ4v) is 6.20. The van der Waals surface area contributed by atoms with Gasteiger partial charge in [-0.3, -0.25) is 19.5 Å². The van der Waals surface area contributed by atoms with Crippen molar-refractivity contribution in [2.75, 3.05) is 51.3 Å². The number of ether oxygens (including phenoxy) is 1. The highest BCUT2D eigenvalue weighted by Crippen LogP contribution is 2.46. The third kappa shape index (κ3) is 7.89. The van der Waals surface area contributed by atoms with Crippen molar-refractivity contribution in [3.63, 3.8) is 0 Å². The van der Waals surface area contributed by atoms with Crippen LogP contribution in [0.15, 0.2) is 48.7 Å². The Morgan fingerprint density at radius 2 is 1.70 bits per heavy atom. The number of amides is 1. The Labute approximate surface area is 266 Å². The summed E-state index contributed by atoms with van der Waals surface area (Å²) in [6, 6.07) is 14.1. The fraction of sp³-hybridized carbons (Fsp3) is 0.500. The molecule has 2 aromatic carbocycles. The molecule has 0 unspecified atom stereocenters. The molecule has 0 bridgehead atoms. The lowest BCUT2D eigenvalue weighted by molar-refractivity contribution is -0.168. The van der Waals surface area contributed by atoms with E-state index in [2.05, 4.69) is 28.3 Å². The number of fused-ring (bicyclic) bond motifs is 2. The SMILES string of the molecule is CCNC(=O)C1(C(C)(F)F)CCN(CC(C)(F)F)CC1.CN1CCOc2c1ccnc2-c1cccc2c(CCC(=O)O)cccc12. The molecule has 0 aliphatic carbocycles. The van der Waals surface area contributed by atoms with Gasteiger partial charge in [0.2, 0.25) is 5.91 Å². The third-order valence-corrected chi connectivity index (χ3v) is 8.67. The molecule has 1 aromatic heterocycles. The Morgan fingerprint density at radius 3 is 2.33 bits per heavy atom. The number of nitrogens with zero attached hydrogens (tertiary/aromatic N) is 3. The highest BCUT2D eigenvalue weighted by atomic mass is 19.3. The first kappa shape index (κ1) is 34.9. The highest BCUT2D eigenvalue weighted by molar-refractivity contribution is 5.99. The molecule has 3 aromatic rings. The minimum atomic E-state index is -3.17. The third-order valence-electron chi connectivity index (χ3n) is 8.67. The second-order valence-electron chi connectivity index (χ2n) is 12.2. The average molecular weight is 647 g/mol. The topological polar surface area (TPSA) is 95.0 Å². The van der Waals surface area contributed by atoms with Gasteiger partial charge in [-0.15, -0.1) is 0 Å². The normalized spacial score (nSPS) is 16.6. The van der Waals surface area contributed by atoms with E-state index >= 15 is 0 Å². The summed E-state index contributed by atoms with van der Waals surface area (Å²) in [6.45, 7) is 4.63. The molecule has 12 heteroatoms. The molecule has 0 spiro atoms. The van der Waals surface area contributed by atoms with Crippen molar-refractivity contribution in [2.24, 2.45) is 5.41 Å². The molecule has 46 heavy (non-hydrogen) atoms. The number of carbonyl (C=O) groups is 2. The second kappa shape index (κ2) is 14.2. The number of aryl methyl sites for hydroxylation is 1. The van der Waals surface area contributed by atoms with Gasteiger partial charge in [-0.05, 0) is 61.7 Å². The second-order valence-corrected chi connectivity index (χ2v) is 12.2. The number of aromatic nitrogens is 1. The van der Waals surface area contributed by atoms with Gasteiger partial charge in [0.1, 0.15) is 17.7 Å². The lowest BCUT2D eigenvalue weighted by Crippen LogP contribution is -2.57. The van der Waals surface area contributed by atoms with E-state index in [4.69, 9.17) is 9.84 Å². The van der Waals surface area contributed by atoms with Crippen molar-refractivity contribution in [3.05, 3.63) is 54.2 Å². The fourth-order valence-electron chi connectivity index (χ4n) is 6.20. The van der Waals surface area contributed by atoms with Crippen LogP contribution in [0.25, 0.3) is 22.0 Å². The van der Waals surface area contributed by atoms with E-state index in [0.29, 0.717) is 13.0 Å². The molecule has 0 radical (unpaired) electrons. The van der Waals surface area contributed by atoms with Crippen LogP contribution < -0.4 is 15.0 Å². The monoisotopic (exact) mass is 646 g/mol. The van der Waals surface area contributed by atoms with Gasteiger partial charge in [0.05, 0.1) is 18.8 Å². The van der Waals surface area contributed by atoms with Gasteiger partial charge >= 0.3 is 5.97 Å². The number of benzene rings is 2. The first-order valence-electron chi connectivity index (χ1n) is 15.5. The summed E-state index contributed by atoms with van der Waals surface area (Å²) in [5, 5.41) is 13.6. The zero-order valence-corrected chi connectivity index (χ0v) is 26.7. The van der Waals surface area contributed by atoms with Crippen molar-refractivity contribution in [1.29, 1.82) is 0 Å². The van der Waals surface area contributed by atoms with Gasteiger partial charge in [0, 0.05) is 45.6 Å². The Kier molecular flexibility index (Phi) is 10.8. The van der Waals surface area contributed by atoms with Gasteiger partial charge in [-0.25, -0.2) is 17.6 Å². The minimum Gasteiger partial charge on any atom is -0.487 e. The molecule has 250 valence electrons. The molecule has 0 atom stereocenters. The zero-order chi connectivity index (χ0) is 33.7. The summed E-state index contributed by atoms with van der Waals surface area (Å²) in [5.74, 6) is -6.69. The lowest BCUT2D eigenvalue weighted by Gasteiger charge is -2.44. The van der Waals surface area contributed by atoms with Gasteiger partial charge < -0.3 is 20.1 Å². The van der Waals surface area contributed by atoms with E-state index in [0.717, 1.165) is 59.4 Å². The summed E-state index contributed by atoms with van der Waals surface area (Å²) in [4.78, 5) is 31.2. The van der Waals surface area contributed by atoms with Crippen molar-refractivity contribution < 1.29 is 37.0 Å². The molecule has 2 N–H and O–H groups in total. The minimum absolute atomic E-state index is 0.0734. The van der Waals surface area contributed by atoms with Crippen molar-refractivity contribution in [3.8, 4) is 17.0 Å². The van der Waals surface area contributed by atoms with Crippen molar-refractivity contribution in [2.45, 2.75) is 58.3 Å². The van der Waals surface area contributed by atoms with Crippen LogP contribution in [0.5, 0.6) is 5.75 Å². The molecule has 2 aliphatic rings. The number of hydrogen-bond acceptors (Lipinski definition) is 6. The molecule has 5 rings (SSSR count). The molecule has 2 aliphatic heterocycles. The Bertz CT molecular complexity index is 1530. The molecule has 8 nitrogen and oxygen atoms in total. The van der Waals surface area contributed by atoms with E-state index < -0.39 is 35.7 Å². The van der Waals surface area contributed by atoms with Crippen LogP contribution in [-0.2, 0) is 16.0 Å². The molecular formula is C34H42F4N4O4. The highest BCUT2D eigenvalue weighted by Gasteiger charge is 2.56. The van der Waals surface area contributed by atoms with E-state index in [1.165, 1.54) is 4.90 Å². The molecule has 1 amide bonds. The number of piperidine rings is 1. The van der Waals surface area contributed by atoms with E-state index in [9.17, 15) is 27.2 Å². The standard InChI is InChI=1S/C21H20N2O3.C13H22F4N2O/c1-23-12-13-26-21-18(23)10-11-22-20(21)17-7-3-5-15-14(8-9-19(24)25)4-2-6-16(15)17;1-4-18-10(20)13(12(3,16)17)5-7-19(8-6-13)9-11(2,14)15/h2-7,10-11H,8-9,12-13H2,1H3,(H,24,25);4-9H2,1-3H3,(H,18,20). The molecule has 3 heterocycles. The van der Waals surface area contributed by atoms with Crippen LogP contribution in [0.2, 0.25) is 0 Å². The number of aliphatic carboxylic acids is 1. The molecule has 1 saturated heterocycles. The number of carboxylic acids is 1. The summed E-state index contributed by atoms with van der Waals surface area (Å²) in [7, 11) is 2.05. The van der Waals surface area contributed by atoms with Crippen molar-refractivity contribution in [1.82, 2.24) is 15.2 Å². The number of alkyl halides is 4. The average Bonchev–Trinajstić information content (AvgIpc) is 2.99. The number of halogens is 4. The van der Waals surface area contributed by atoms with Crippen LogP contribution in [0.3, 0.4) is 0 Å². The number of hydrogen-bond donors (Lipinski definition) is 2. The number of likely N-dealkylation sites (N-methyl/N-ethyl adjacent to an activating group) is 1. The van der Waals surface area contributed by atoms with Crippen LogP contribution in [0.4, 0.5) is 23.2 Å². The quantitative estimate of drug-likeness (QED) is 0.265. The predicted molar refractivity (Wildman–Crippen MR) is 170 cm³/mol. The van der Waals surface area contributed by atoms with Gasteiger partial charge in [-0.2, -0.15) is 0 Å². The summed E-state index contributed by atoms with van der Waals surface area (Å²) >= 11 is 0. The van der Waals surface area contributed by atoms with Crippen molar-refractivity contribution >= 4 is 28.3 Å². The Morgan fingerprint density at radius 1 is 1.02 bits per heavy atom. The number of likely N-dealkylation sites (tertiary alicyclic amines) is 1. The maximum absolute atomic E-state index is 13.9. The van der Waals surface area contributed by atoms with Crippen LogP contribution in [0, 0.1) is 5.41 Å². The number of carbonyl (C=O) groups excluding carboxylic acids is 1. The van der Waals surface area contributed by atoms with E-state index in [-0.39, 0.29) is 38.9 Å². The number of anilines is 1. The number of rotatable bonds is 9. The molecule has 0 saturated carbocycles. The number of carboxylic acid groups (broad SMARTS) is 1. The zero-order valence-electron chi connectivity index (χ0n) is 26.7. The lowest BCUT2D eigenvalue weighted by atomic mass is 9.72. The Hall–Kier alpha value is -3.93. The van der Waals surface area contributed by atoms with Crippen LogP contribution >= 0.6 is 0 Å². The summed E-state index contributed by atoms with van der Waals surface area (Å²) in [6.07, 6.45) is 2.22. The Balaban J connectivity index is 0.000000217. The first-order chi connectivity index (χ1) is 21.7.